The summed E-state index contributed by atoms with van der Waals surface area (Å²) in [6.07, 6.45) is 1.02. The van der Waals surface area contributed by atoms with Crippen LogP contribution in [0.15, 0.2) is 6.33 Å². The minimum atomic E-state index is -0.493. The van der Waals surface area contributed by atoms with Crippen molar-refractivity contribution in [2.24, 2.45) is 0 Å². The molecule has 0 fully saturated rings. The molecule has 0 bridgehead atoms. The van der Waals surface area contributed by atoms with Crippen molar-refractivity contribution < 1.29 is 9.53 Å². The van der Waals surface area contributed by atoms with Crippen LogP contribution in [0.5, 0.6) is 0 Å². The maximum atomic E-state index is 11.3. The van der Waals surface area contributed by atoms with Crippen molar-refractivity contribution in [2.75, 3.05) is 5.32 Å². The Morgan fingerprint density at radius 2 is 2.21 bits per heavy atom. The molecule has 0 aliphatic carbocycles. The van der Waals surface area contributed by atoms with Crippen LogP contribution < -0.4 is 5.32 Å². The number of aromatic amines is 1. The van der Waals surface area contributed by atoms with Gasteiger partial charge in [0, 0.05) is 0 Å². The third-order valence-corrected chi connectivity index (χ3v) is 1.45. The molecular formula is C9H15N3O2. The fourth-order valence-corrected chi connectivity index (χ4v) is 0.885. The lowest BCUT2D eigenvalue weighted by Gasteiger charge is -2.19. The molecule has 1 amide bonds. The summed E-state index contributed by atoms with van der Waals surface area (Å²) in [6.45, 7) is 7.25. The number of nitrogens with one attached hydrogen (secondary N) is 2. The Bertz CT molecular complexity index is 325. The smallest absolute Gasteiger partial charge is 0.413 e. The second-order valence-electron chi connectivity index (χ2n) is 4.00. The predicted octanol–water partition coefficient (Wildman–Crippen LogP) is 2.07. The highest BCUT2D eigenvalue weighted by Crippen LogP contribution is 2.11. The quantitative estimate of drug-likeness (QED) is 0.724. The van der Waals surface area contributed by atoms with Gasteiger partial charge in [0.1, 0.15) is 5.60 Å². The lowest BCUT2D eigenvalue weighted by atomic mass is 10.2. The summed E-state index contributed by atoms with van der Waals surface area (Å²) in [5, 5.41) is 2.54. The van der Waals surface area contributed by atoms with Gasteiger partial charge >= 0.3 is 6.09 Å². The van der Waals surface area contributed by atoms with Gasteiger partial charge in [-0.2, -0.15) is 0 Å². The Morgan fingerprint density at radius 3 is 2.64 bits per heavy atom. The van der Waals surface area contributed by atoms with Gasteiger partial charge < -0.3 is 9.72 Å². The predicted molar refractivity (Wildman–Crippen MR) is 53.2 cm³/mol. The van der Waals surface area contributed by atoms with Crippen LogP contribution in [0.3, 0.4) is 0 Å². The highest BCUT2D eigenvalue weighted by Gasteiger charge is 2.17. The van der Waals surface area contributed by atoms with E-state index in [0.29, 0.717) is 5.82 Å². The number of aryl methyl sites for hydroxylation is 1. The second kappa shape index (κ2) is 3.69. The van der Waals surface area contributed by atoms with Crippen molar-refractivity contribution in [1.82, 2.24) is 9.97 Å². The molecular weight excluding hydrogens is 182 g/mol. The number of rotatable bonds is 1. The summed E-state index contributed by atoms with van der Waals surface area (Å²) in [7, 11) is 0. The molecule has 1 rings (SSSR count). The highest BCUT2D eigenvalue weighted by molar-refractivity contribution is 5.84. The van der Waals surface area contributed by atoms with Gasteiger partial charge in [-0.15, -0.1) is 0 Å². The van der Waals surface area contributed by atoms with Gasteiger partial charge in [0.25, 0.3) is 0 Å². The summed E-state index contributed by atoms with van der Waals surface area (Å²) in [5.41, 5.74) is 0.310. The average molecular weight is 197 g/mol. The van der Waals surface area contributed by atoms with Crippen LogP contribution in [-0.4, -0.2) is 21.7 Å². The van der Waals surface area contributed by atoms with Gasteiger partial charge in [-0.3, -0.25) is 5.32 Å². The molecule has 0 spiro atoms. The molecule has 0 aromatic carbocycles. The molecule has 0 aliphatic rings. The monoisotopic (exact) mass is 197 g/mol. The number of hydrogen-bond acceptors (Lipinski definition) is 3. The van der Waals surface area contributed by atoms with E-state index in [2.05, 4.69) is 15.3 Å². The number of carbonyl (C=O) groups excluding carboxylic acids is 1. The SMILES string of the molecule is Cc1[nH]cnc1NC(=O)OC(C)(C)C. The fraction of sp³-hybridized carbons (Fsp3) is 0.556. The van der Waals surface area contributed by atoms with E-state index in [1.54, 1.807) is 0 Å². The third-order valence-electron chi connectivity index (χ3n) is 1.45. The molecule has 1 aromatic heterocycles. The van der Waals surface area contributed by atoms with E-state index in [4.69, 9.17) is 4.74 Å². The number of ether oxygens (including phenoxy) is 1. The normalized spacial score (nSPS) is 11.1. The number of hydrogen-bond donors (Lipinski definition) is 2. The first-order valence-electron chi connectivity index (χ1n) is 4.38. The highest BCUT2D eigenvalue weighted by atomic mass is 16.6. The lowest BCUT2D eigenvalue weighted by Crippen LogP contribution is -2.27. The number of carbonyl (C=O) groups is 1. The van der Waals surface area contributed by atoms with Gasteiger partial charge in [0.2, 0.25) is 0 Å². The van der Waals surface area contributed by atoms with Crippen LogP contribution in [0.4, 0.5) is 10.6 Å². The molecule has 78 valence electrons. The van der Waals surface area contributed by atoms with E-state index < -0.39 is 11.7 Å². The molecule has 2 N–H and O–H groups in total. The van der Waals surface area contributed by atoms with Gasteiger partial charge in [-0.1, -0.05) is 0 Å². The van der Waals surface area contributed by atoms with E-state index in [-0.39, 0.29) is 0 Å². The molecule has 0 saturated heterocycles. The first-order valence-corrected chi connectivity index (χ1v) is 4.38. The second-order valence-corrected chi connectivity index (χ2v) is 4.00. The van der Waals surface area contributed by atoms with Crippen LogP contribution in [-0.2, 0) is 4.74 Å². The number of imidazole rings is 1. The summed E-state index contributed by atoms with van der Waals surface area (Å²) in [4.78, 5) is 18.1. The maximum absolute atomic E-state index is 11.3. The Morgan fingerprint density at radius 1 is 1.57 bits per heavy atom. The van der Waals surface area contributed by atoms with Gasteiger partial charge in [0.05, 0.1) is 12.0 Å². The topological polar surface area (TPSA) is 67.0 Å². The minimum absolute atomic E-state index is 0.492. The number of nitrogens with zero attached hydrogens (tertiary/aromatic N) is 1. The van der Waals surface area contributed by atoms with E-state index >= 15 is 0 Å². The van der Waals surface area contributed by atoms with Gasteiger partial charge in [-0.05, 0) is 27.7 Å². The van der Waals surface area contributed by atoms with Crippen molar-refractivity contribution in [3.05, 3.63) is 12.0 Å². The molecule has 0 unspecified atom stereocenters. The average Bonchev–Trinajstić information content (AvgIpc) is 2.32. The zero-order valence-electron chi connectivity index (χ0n) is 8.84. The summed E-state index contributed by atoms with van der Waals surface area (Å²) < 4.78 is 5.06. The number of amides is 1. The van der Waals surface area contributed by atoms with Crippen LogP contribution >= 0.6 is 0 Å². The van der Waals surface area contributed by atoms with Gasteiger partial charge in [0.15, 0.2) is 5.82 Å². The fourth-order valence-electron chi connectivity index (χ4n) is 0.885. The lowest BCUT2D eigenvalue weighted by molar-refractivity contribution is 0.0635. The molecule has 1 aromatic rings. The molecule has 14 heavy (non-hydrogen) atoms. The van der Waals surface area contributed by atoms with Crippen molar-refractivity contribution >= 4 is 11.9 Å². The number of H-pyrrole nitrogens is 1. The van der Waals surface area contributed by atoms with E-state index in [1.807, 2.05) is 27.7 Å². The number of anilines is 1. The third kappa shape index (κ3) is 3.08. The zero-order chi connectivity index (χ0) is 10.8. The Labute approximate surface area is 82.9 Å². The summed E-state index contributed by atoms with van der Waals surface area (Å²) >= 11 is 0. The Hall–Kier alpha value is -1.52. The summed E-state index contributed by atoms with van der Waals surface area (Å²) in [5.74, 6) is 0.499. The van der Waals surface area contributed by atoms with Crippen molar-refractivity contribution in [2.45, 2.75) is 33.3 Å². The molecule has 0 atom stereocenters. The molecule has 5 nitrogen and oxygen atoms in total. The first kappa shape index (κ1) is 10.6. The van der Waals surface area contributed by atoms with E-state index in [1.165, 1.54) is 6.33 Å². The first-order chi connectivity index (χ1) is 6.38. The molecule has 0 radical (unpaired) electrons. The van der Waals surface area contributed by atoms with Crippen LogP contribution in [0.2, 0.25) is 0 Å². The van der Waals surface area contributed by atoms with Crippen molar-refractivity contribution in [3.8, 4) is 0 Å². The zero-order valence-corrected chi connectivity index (χ0v) is 8.84. The van der Waals surface area contributed by atoms with E-state index in [9.17, 15) is 4.79 Å². The largest absolute Gasteiger partial charge is 0.444 e. The van der Waals surface area contributed by atoms with E-state index in [0.717, 1.165) is 5.69 Å². The van der Waals surface area contributed by atoms with Gasteiger partial charge in [-0.25, -0.2) is 9.78 Å². The molecule has 1 heterocycles. The summed E-state index contributed by atoms with van der Waals surface area (Å²) in [6, 6.07) is 0. The standard InChI is InChI=1S/C9H15N3O2/c1-6-7(11-5-10-6)12-8(13)14-9(2,3)4/h5H,1-4H3,(H,10,11)(H,12,13). The number of aromatic nitrogens is 2. The maximum Gasteiger partial charge on any atom is 0.413 e. The van der Waals surface area contributed by atoms with Crippen molar-refractivity contribution in [1.29, 1.82) is 0 Å². The van der Waals surface area contributed by atoms with Crippen LogP contribution in [0.1, 0.15) is 26.5 Å². The molecule has 0 saturated carbocycles. The Balaban J connectivity index is 2.54. The van der Waals surface area contributed by atoms with Crippen LogP contribution in [0, 0.1) is 6.92 Å². The van der Waals surface area contributed by atoms with Crippen LogP contribution in [0.25, 0.3) is 0 Å². The molecule has 0 aliphatic heterocycles. The molecule has 5 heteroatoms. The minimum Gasteiger partial charge on any atom is -0.444 e. The Kier molecular flexibility index (Phi) is 2.78. The van der Waals surface area contributed by atoms with Crippen molar-refractivity contribution in [3.63, 3.8) is 0 Å².